The number of nitrogens with zero attached hydrogens (tertiary/aromatic N) is 2. The van der Waals surface area contributed by atoms with Gasteiger partial charge in [0, 0.05) is 22.3 Å². The molecule has 7 nitrogen and oxygen atoms in total. The number of rotatable bonds is 9. The van der Waals surface area contributed by atoms with Crippen LogP contribution in [0.3, 0.4) is 0 Å². The maximum Gasteiger partial charge on any atom is 0.308 e. The molecular formula is C29H33BrN2O5S. The first-order chi connectivity index (χ1) is 18.2. The van der Waals surface area contributed by atoms with Crippen molar-refractivity contribution >= 4 is 61.9 Å². The number of carboxylic acid groups (broad SMARTS) is 1. The van der Waals surface area contributed by atoms with E-state index in [-0.39, 0.29) is 41.0 Å². The average molecular weight is 602 g/mol. The second-order valence-electron chi connectivity index (χ2n) is 10.7. The van der Waals surface area contributed by atoms with Crippen LogP contribution >= 0.6 is 27.7 Å². The van der Waals surface area contributed by atoms with E-state index in [1.807, 2.05) is 56.3 Å². The SMILES string of the molecule is C=CCN(C(=O)C1N([C@@H](CO)[C@@H](C)CC)C(=O)[C@@H]2[C@@H](C(=O)O)[C@@H]3SC12CC3Br)c1ccc2ccccc2c1. The third-order valence-corrected chi connectivity index (χ3v) is 11.9. The summed E-state index contributed by atoms with van der Waals surface area (Å²) in [6, 6.07) is 12.2. The standard InChI is InChI=1S/C29H33BrN2O5S/c1-4-12-31(19-11-10-17-8-6-7-9-18(17)13-19)27(35)25-29-14-20(30)24(38-29)22(28(36)37)23(29)26(34)32(25)21(15-33)16(3)5-2/h4,6-11,13,16,20-25,33H,1,5,12,14-15H2,2-3H3,(H,36,37)/t16-,20?,21-,22+,23-,24+,25?,29?/m0/s1. The van der Waals surface area contributed by atoms with Crippen molar-refractivity contribution in [3.05, 3.63) is 55.1 Å². The molecule has 3 unspecified atom stereocenters. The van der Waals surface area contributed by atoms with Crippen molar-refractivity contribution in [3.63, 3.8) is 0 Å². The number of aliphatic hydroxyl groups is 1. The zero-order valence-electron chi connectivity index (χ0n) is 21.5. The normalized spacial score (nSPS) is 31.3. The number of aliphatic carboxylic acids is 1. The zero-order valence-corrected chi connectivity index (χ0v) is 23.9. The summed E-state index contributed by atoms with van der Waals surface area (Å²) in [5.41, 5.74) is 0.688. The average Bonchev–Trinajstić information content (AvgIpc) is 3.50. The highest BCUT2D eigenvalue weighted by molar-refractivity contribution is 9.09. The van der Waals surface area contributed by atoms with E-state index in [9.17, 15) is 24.6 Å². The van der Waals surface area contributed by atoms with Crippen LogP contribution < -0.4 is 4.90 Å². The molecule has 3 fully saturated rings. The molecule has 9 heteroatoms. The molecule has 202 valence electrons. The molecular weight excluding hydrogens is 568 g/mol. The summed E-state index contributed by atoms with van der Waals surface area (Å²) in [7, 11) is 0. The summed E-state index contributed by atoms with van der Waals surface area (Å²) in [4.78, 5) is 44.4. The molecule has 2 amide bonds. The number of likely N-dealkylation sites (tertiary alicyclic amines) is 1. The topological polar surface area (TPSA) is 98.2 Å². The van der Waals surface area contributed by atoms with Crippen LogP contribution in [-0.4, -0.2) is 73.0 Å². The lowest BCUT2D eigenvalue weighted by Gasteiger charge is -2.41. The van der Waals surface area contributed by atoms with Crippen LogP contribution in [-0.2, 0) is 14.4 Å². The molecule has 2 aromatic carbocycles. The first-order valence-electron chi connectivity index (χ1n) is 13.1. The summed E-state index contributed by atoms with van der Waals surface area (Å²) >= 11 is 5.16. The van der Waals surface area contributed by atoms with Crippen LogP contribution in [0.2, 0.25) is 0 Å². The fourth-order valence-electron chi connectivity index (χ4n) is 6.74. The number of amides is 2. The number of halogens is 1. The highest BCUT2D eigenvalue weighted by Crippen LogP contribution is 2.68. The summed E-state index contributed by atoms with van der Waals surface area (Å²) < 4.78 is -0.896. The van der Waals surface area contributed by atoms with Gasteiger partial charge in [0.05, 0.1) is 29.2 Å². The quantitative estimate of drug-likeness (QED) is 0.329. The lowest BCUT2D eigenvalue weighted by Crippen LogP contribution is -2.59. The van der Waals surface area contributed by atoms with Gasteiger partial charge in [-0.1, -0.05) is 72.6 Å². The van der Waals surface area contributed by atoms with Crippen LogP contribution in [0, 0.1) is 17.8 Å². The van der Waals surface area contributed by atoms with Gasteiger partial charge in [0.2, 0.25) is 5.91 Å². The first kappa shape index (κ1) is 27.2. The molecule has 3 aliphatic heterocycles. The smallest absolute Gasteiger partial charge is 0.308 e. The van der Waals surface area contributed by atoms with Gasteiger partial charge < -0.3 is 20.0 Å². The number of hydrogen-bond donors (Lipinski definition) is 2. The predicted molar refractivity (Wildman–Crippen MR) is 154 cm³/mol. The van der Waals surface area contributed by atoms with Gasteiger partial charge >= 0.3 is 5.97 Å². The van der Waals surface area contributed by atoms with E-state index >= 15 is 0 Å². The van der Waals surface area contributed by atoms with Crippen LogP contribution in [0.25, 0.3) is 10.8 Å². The molecule has 2 aromatic rings. The number of anilines is 1. The summed E-state index contributed by atoms with van der Waals surface area (Å²) in [5.74, 6) is -3.40. The fourth-order valence-corrected chi connectivity index (χ4v) is 10.3. The molecule has 0 aromatic heterocycles. The maximum atomic E-state index is 14.7. The Morgan fingerprint density at radius 3 is 2.63 bits per heavy atom. The molecule has 0 radical (unpaired) electrons. The second kappa shape index (κ2) is 10.3. The molecule has 3 saturated heterocycles. The number of aliphatic hydroxyl groups excluding tert-OH is 1. The Hall–Kier alpha value is -2.36. The number of thioether (sulfide) groups is 1. The van der Waals surface area contributed by atoms with Gasteiger partial charge in [-0.3, -0.25) is 14.4 Å². The lowest BCUT2D eigenvalue weighted by molar-refractivity contribution is -0.149. The van der Waals surface area contributed by atoms with Crippen LogP contribution in [0.15, 0.2) is 55.1 Å². The Kier molecular flexibility index (Phi) is 7.39. The van der Waals surface area contributed by atoms with Crippen LogP contribution in [0.1, 0.15) is 26.7 Å². The molecule has 1 spiro atoms. The van der Waals surface area contributed by atoms with E-state index in [2.05, 4.69) is 22.5 Å². The van der Waals surface area contributed by atoms with Gasteiger partial charge in [0.15, 0.2) is 0 Å². The van der Waals surface area contributed by atoms with Crippen molar-refractivity contribution in [2.24, 2.45) is 17.8 Å². The molecule has 0 aliphatic carbocycles. The van der Waals surface area contributed by atoms with E-state index < -0.39 is 34.6 Å². The van der Waals surface area contributed by atoms with Crippen molar-refractivity contribution in [2.75, 3.05) is 18.1 Å². The number of alkyl halides is 1. The summed E-state index contributed by atoms with van der Waals surface area (Å²) in [5, 5.41) is 22.4. The number of carbonyl (C=O) groups is 3. The highest BCUT2D eigenvalue weighted by atomic mass is 79.9. The molecule has 0 saturated carbocycles. The molecule has 3 heterocycles. The number of carbonyl (C=O) groups excluding carboxylic acids is 2. The summed E-state index contributed by atoms with van der Waals surface area (Å²) in [6.45, 7) is 7.76. The van der Waals surface area contributed by atoms with Gasteiger partial charge in [-0.25, -0.2) is 0 Å². The van der Waals surface area contributed by atoms with Gasteiger partial charge in [-0.05, 0) is 35.2 Å². The molecule has 2 bridgehead atoms. The molecule has 3 aliphatic rings. The number of carboxylic acids is 1. The van der Waals surface area contributed by atoms with Gasteiger partial charge in [-0.2, -0.15) is 0 Å². The minimum Gasteiger partial charge on any atom is -0.481 e. The second-order valence-corrected chi connectivity index (χ2v) is 13.4. The van der Waals surface area contributed by atoms with E-state index in [1.165, 1.54) is 11.8 Å². The fraction of sp³-hybridized carbons (Fsp3) is 0.483. The van der Waals surface area contributed by atoms with E-state index in [0.717, 1.165) is 10.8 Å². The van der Waals surface area contributed by atoms with E-state index in [1.54, 1.807) is 15.9 Å². The third-order valence-electron chi connectivity index (χ3n) is 8.71. The van der Waals surface area contributed by atoms with E-state index in [0.29, 0.717) is 18.5 Å². The Labute approximate surface area is 235 Å². The summed E-state index contributed by atoms with van der Waals surface area (Å²) in [6.07, 6.45) is 2.87. The zero-order chi connectivity index (χ0) is 27.4. The van der Waals surface area contributed by atoms with Crippen LogP contribution in [0.5, 0.6) is 0 Å². The maximum absolute atomic E-state index is 14.7. The largest absolute Gasteiger partial charge is 0.481 e. The van der Waals surface area contributed by atoms with Gasteiger partial charge in [0.25, 0.3) is 5.91 Å². The molecule has 38 heavy (non-hydrogen) atoms. The Bertz CT molecular complexity index is 1290. The van der Waals surface area contributed by atoms with Crippen molar-refractivity contribution in [2.45, 2.75) is 53.6 Å². The predicted octanol–water partition coefficient (Wildman–Crippen LogP) is 4.32. The Balaban J connectivity index is 1.65. The Morgan fingerprint density at radius 2 is 2.00 bits per heavy atom. The first-order valence-corrected chi connectivity index (χ1v) is 14.9. The minimum atomic E-state index is -1.01. The van der Waals surface area contributed by atoms with E-state index in [4.69, 9.17) is 0 Å². The third kappa shape index (κ3) is 4.00. The van der Waals surface area contributed by atoms with Crippen LogP contribution in [0.4, 0.5) is 5.69 Å². The highest BCUT2D eigenvalue weighted by Gasteiger charge is 2.76. The van der Waals surface area contributed by atoms with Crippen molar-refractivity contribution < 1.29 is 24.6 Å². The monoisotopic (exact) mass is 600 g/mol. The molecule has 5 rings (SSSR count). The minimum absolute atomic E-state index is 0.0757. The number of benzene rings is 2. The Morgan fingerprint density at radius 1 is 1.29 bits per heavy atom. The van der Waals surface area contributed by atoms with Gasteiger partial charge in [0.1, 0.15) is 6.04 Å². The molecule has 2 N–H and O–H groups in total. The van der Waals surface area contributed by atoms with Crippen molar-refractivity contribution in [1.29, 1.82) is 0 Å². The van der Waals surface area contributed by atoms with Crippen molar-refractivity contribution in [3.8, 4) is 0 Å². The van der Waals surface area contributed by atoms with Gasteiger partial charge in [-0.15, -0.1) is 18.3 Å². The number of fused-ring (bicyclic) bond motifs is 2. The lowest BCUT2D eigenvalue weighted by atomic mass is 9.71. The van der Waals surface area contributed by atoms with Crippen molar-refractivity contribution in [1.82, 2.24) is 4.90 Å². The number of hydrogen-bond acceptors (Lipinski definition) is 5. The molecule has 8 atom stereocenters.